The van der Waals surface area contributed by atoms with Gasteiger partial charge in [-0.15, -0.1) is 0 Å². The second-order valence-corrected chi connectivity index (χ2v) is 10.4. The maximum Gasteiger partial charge on any atom is 0.410 e. The van der Waals surface area contributed by atoms with E-state index in [-0.39, 0.29) is 12.1 Å². The fraction of sp³-hybridized carbons (Fsp3) is 0.583. The smallest absolute Gasteiger partial charge is 0.410 e. The van der Waals surface area contributed by atoms with Gasteiger partial charge in [0, 0.05) is 6.54 Å². The number of amides is 1. The monoisotopic (exact) mass is 440 g/mol. The first-order chi connectivity index (χ1) is 14.8. The van der Waals surface area contributed by atoms with Crippen LogP contribution in [0, 0.1) is 0 Å². The van der Waals surface area contributed by atoms with Gasteiger partial charge in [-0.05, 0) is 66.9 Å². The molecule has 0 unspecified atom stereocenters. The third-order valence-corrected chi connectivity index (χ3v) is 5.98. The molecule has 1 amide bonds. The molecule has 1 aliphatic rings. The Kier molecular flexibility index (Phi) is 6.77. The number of hydrogen-bond acceptors (Lipinski definition) is 5. The molecule has 1 atom stereocenters. The minimum atomic E-state index is -0.969. The van der Waals surface area contributed by atoms with E-state index >= 15 is 0 Å². The summed E-state index contributed by atoms with van der Waals surface area (Å²) in [6.07, 6.45) is 3.28. The standard InChI is InChI=1S/C24H35BN3O4/c1-22(2,3)31-21(29)28-14-8-9-19(28)20-26-15-18(27-20)16-10-12-17(13-11-16)25-32-24(6,7)23(4,5)30/h10-13,15,19,30H,8-9,14H2,1-7H3,(H,26,27)/t19-/m0/s1. The van der Waals surface area contributed by atoms with E-state index in [2.05, 4.69) is 9.97 Å². The summed E-state index contributed by atoms with van der Waals surface area (Å²) in [5.41, 5.74) is 0.569. The number of carbonyl (C=O) groups is 1. The second-order valence-electron chi connectivity index (χ2n) is 10.4. The van der Waals surface area contributed by atoms with Crippen LogP contribution in [0.25, 0.3) is 11.3 Å². The molecule has 1 radical (unpaired) electrons. The van der Waals surface area contributed by atoms with Crippen LogP contribution < -0.4 is 5.46 Å². The van der Waals surface area contributed by atoms with Gasteiger partial charge in [-0.2, -0.15) is 0 Å². The molecule has 32 heavy (non-hydrogen) atoms. The normalized spacial score (nSPS) is 17.5. The van der Waals surface area contributed by atoms with Crippen LogP contribution in [0.15, 0.2) is 30.5 Å². The van der Waals surface area contributed by atoms with Gasteiger partial charge in [-0.25, -0.2) is 9.78 Å². The average molecular weight is 440 g/mol. The van der Waals surface area contributed by atoms with E-state index in [9.17, 15) is 9.90 Å². The van der Waals surface area contributed by atoms with Crippen molar-refractivity contribution in [2.24, 2.45) is 0 Å². The summed E-state index contributed by atoms with van der Waals surface area (Å²) in [4.78, 5) is 22.3. The first-order valence-corrected chi connectivity index (χ1v) is 11.2. The minimum absolute atomic E-state index is 0.108. The molecule has 2 heterocycles. The first kappa shape index (κ1) is 24.3. The van der Waals surface area contributed by atoms with Crippen molar-refractivity contribution in [1.29, 1.82) is 0 Å². The molecule has 8 heteroatoms. The molecule has 1 fully saturated rings. The van der Waals surface area contributed by atoms with Gasteiger partial charge in [-0.3, -0.25) is 4.90 Å². The number of rotatable bonds is 6. The maximum atomic E-state index is 12.6. The summed E-state index contributed by atoms with van der Waals surface area (Å²) in [6.45, 7) is 13.5. The number of aromatic nitrogens is 2. The number of carbonyl (C=O) groups excluding carboxylic acids is 1. The van der Waals surface area contributed by atoms with Crippen molar-refractivity contribution >= 4 is 19.0 Å². The Balaban J connectivity index is 1.67. The lowest BCUT2D eigenvalue weighted by Crippen LogP contribution is -2.49. The van der Waals surface area contributed by atoms with Crippen LogP contribution in [0.2, 0.25) is 0 Å². The first-order valence-electron chi connectivity index (χ1n) is 11.2. The predicted molar refractivity (Wildman–Crippen MR) is 126 cm³/mol. The molecular weight excluding hydrogens is 405 g/mol. The molecular formula is C24H35BN3O4. The molecule has 0 bridgehead atoms. The zero-order valence-corrected chi connectivity index (χ0v) is 20.2. The van der Waals surface area contributed by atoms with Crippen LogP contribution in [0.4, 0.5) is 4.79 Å². The van der Waals surface area contributed by atoms with E-state index in [0.29, 0.717) is 6.54 Å². The van der Waals surface area contributed by atoms with Crippen molar-refractivity contribution in [3.8, 4) is 11.3 Å². The van der Waals surface area contributed by atoms with Crippen LogP contribution in [-0.2, 0) is 9.39 Å². The fourth-order valence-electron chi connectivity index (χ4n) is 3.34. The van der Waals surface area contributed by atoms with Gasteiger partial charge < -0.3 is 19.5 Å². The number of likely N-dealkylation sites (tertiary alicyclic amines) is 1. The van der Waals surface area contributed by atoms with Gasteiger partial charge in [-0.1, -0.05) is 29.7 Å². The van der Waals surface area contributed by atoms with E-state index in [0.717, 1.165) is 35.4 Å². The van der Waals surface area contributed by atoms with Gasteiger partial charge in [0.2, 0.25) is 0 Å². The number of ether oxygens (including phenoxy) is 1. The molecule has 2 aromatic rings. The lowest BCUT2D eigenvalue weighted by molar-refractivity contribution is -0.0893. The molecule has 3 rings (SSSR count). The van der Waals surface area contributed by atoms with Crippen LogP contribution in [0.1, 0.15) is 73.2 Å². The lowest BCUT2D eigenvalue weighted by Gasteiger charge is -2.37. The Hall–Kier alpha value is -2.32. The summed E-state index contributed by atoms with van der Waals surface area (Å²) >= 11 is 0. The fourth-order valence-corrected chi connectivity index (χ4v) is 3.34. The number of nitrogens with one attached hydrogen (secondary N) is 1. The summed E-state index contributed by atoms with van der Waals surface area (Å²) in [5.74, 6) is 0.772. The number of nitrogens with zero attached hydrogens (tertiary/aromatic N) is 2. The molecule has 1 saturated heterocycles. The second kappa shape index (κ2) is 8.91. The zero-order valence-electron chi connectivity index (χ0n) is 20.2. The number of H-pyrrole nitrogens is 1. The topological polar surface area (TPSA) is 87.7 Å². The number of imidazole rings is 1. The molecule has 7 nitrogen and oxygen atoms in total. The third kappa shape index (κ3) is 5.72. The molecule has 0 saturated carbocycles. The largest absolute Gasteiger partial charge is 0.444 e. The lowest BCUT2D eigenvalue weighted by atomic mass is 9.82. The van der Waals surface area contributed by atoms with Crippen molar-refractivity contribution in [1.82, 2.24) is 14.9 Å². The van der Waals surface area contributed by atoms with Gasteiger partial charge in [0.05, 0.1) is 29.1 Å². The van der Waals surface area contributed by atoms with Crippen LogP contribution >= 0.6 is 0 Å². The Morgan fingerprint density at radius 3 is 2.41 bits per heavy atom. The van der Waals surface area contributed by atoms with E-state index < -0.39 is 16.8 Å². The Bertz CT molecular complexity index is 926. The van der Waals surface area contributed by atoms with Crippen LogP contribution in [-0.4, -0.2) is 56.9 Å². The molecule has 0 aliphatic carbocycles. The highest BCUT2D eigenvalue weighted by molar-refractivity contribution is 6.47. The third-order valence-electron chi connectivity index (χ3n) is 5.98. The predicted octanol–water partition coefficient (Wildman–Crippen LogP) is 3.96. The van der Waals surface area contributed by atoms with Crippen molar-refractivity contribution in [2.45, 2.75) is 84.2 Å². The molecule has 1 aromatic carbocycles. The van der Waals surface area contributed by atoms with Crippen LogP contribution in [0.3, 0.4) is 0 Å². The van der Waals surface area contributed by atoms with Crippen molar-refractivity contribution in [3.63, 3.8) is 0 Å². The number of aliphatic hydroxyl groups is 1. The van der Waals surface area contributed by atoms with E-state index in [1.165, 1.54) is 0 Å². The van der Waals surface area contributed by atoms with Gasteiger partial charge in [0.15, 0.2) is 0 Å². The summed E-state index contributed by atoms with van der Waals surface area (Å²) in [6, 6.07) is 7.79. The highest BCUT2D eigenvalue weighted by atomic mass is 16.6. The van der Waals surface area contributed by atoms with Gasteiger partial charge >= 0.3 is 13.6 Å². The van der Waals surface area contributed by atoms with E-state index in [1.807, 2.05) is 58.9 Å². The maximum absolute atomic E-state index is 12.6. The summed E-state index contributed by atoms with van der Waals surface area (Å²) in [7, 11) is 1.66. The molecule has 173 valence electrons. The van der Waals surface area contributed by atoms with Gasteiger partial charge in [0.1, 0.15) is 11.4 Å². The minimum Gasteiger partial charge on any atom is -0.444 e. The number of hydrogen-bond donors (Lipinski definition) is 2. The Labute approximate surface area is 191 Å². The average Bonchev–Trinajstić information content (AvgIpc) is 3.34. The van der Waals surface area contributed by atoms with Crippen molar-refractivity contribution in [3.05, 3.63) is 36.3 Å². The van der Waals surface area contributed by atoms with Crippen molar-refractivity contribution < 1.29 is 19.3 Å². The Morgan fingerprint density at radius 1 is 1.16 bits per heavy atom. The molecule has 1 aliphatic heterocycles. The molecule has 2 N–H and O–H groups in total. The molecule has 1 aromatic heterocycles. The van der Waals surface area contributed by atoms with E-state index in [1.54, 1.807) is 32.4 Å². The quantitative estimate of drug-likeness (QED) is 0.664. The Morgan fingerprint density at radius 2 is 1.81 bits per heavy atom. The molecule has 0 spiro atoms. The highest BCUT2D eigenvalue weighted by Gasteiger charge is 2.36. The summed E-state index contributed by atoms with van der Waals surface area (Å²) < 4.78 is 11.4. The van der Waals surface area contributed by atoms with Gasteiger partial charge in [0.25, 0.3) is 0 Å². The summed E-state index contributed by atoms with van der Waals surface area (Å²) in [5, 5.41) is 10.2. The zero-order chi connectivity index (χ0) is 23.7. The number of benzene rings is 1. The SMILES string of the molecule is CC(C)(C)OC(=O)N1CCC[C@H]1c1ncc(-c2ccc([B]OC(C)(C)C(C)(C)O)cc2)[nH]1. The van der Waals surface area contributed by atoms with Crippen molar-refractivity contribution in [2.75, 3.05) is 6.54 Å². The van der Waals surface area contributed by atoms with Crippen LogP contribution in [0.5, 0.6) is 0 Å². The highest BCUT2D eigenvalue weighted by Crippen LogP contribution is 2.32. The van der Waals surface area contributed by atoms with E-state index in [4.69, 9.17) is 9.39 Å². The number of aromatic amines is 1.